The molecule has 0 saturated carbocycles. The predicted octanol–water partition coefficient (Wildman–Crippen LogP) is 5.34. The summed E-state index contributed by atoms with van der Waals surface area (Å²) < 4.78 is 13.3. The Kier molecular flexibility index (Phi) is 8.59. The fourth-order valence-corrected chi connectivity index (χ4v) is 6.64. The zero-order chi connectivity index (χ0) is 31.5. The van der Waals surface area contributed by atoms with Crippen LogP contribution in [0.15, 0.2) is 91.1 Å². The Hall–Kier alpha value is -4.86. The summed E-state index contributed by atoms with van der Waals surface area (Å²) >= 11 is 0. The molecule has 5 aromatic rings. The minimum Gasteiger partial charge on any atom is -0.493 e. The Morgan fingerprint density at radius 1 is 0.804 bits per heavy atom. The molecule has 1 saturated heterocycles. The summed E-state index contributed by atoms with van der Waals surface area (Å²) in [4.78, 5) is 25.0. The van der Waals surface area contributed by atoms with E-state index in [9.17, 15) is 4.79 Å². The number of hydrogen-bond acceptors (Lipinski definition) is 7. The fraction of sp³-hybridized carbons (Fsp3) is 0.297. The number of rotatable bonds is 9. The number of imidazole rings is 1. The number of methoxy groups -OCH3 is 2. The SMILES string of the molecule is COc1cc2c(cc1OC)CN(Cc1c(-c3ccc(NC(=O)CN4CCN(c5ccccc5)CC4)cc3)nc3ccccn13)CC2. The first kappa shape index (κ1) is 29.8. The molecule has 0 atom stereocenters. The van der Waals surface area contributed by atoms with Gasteiger partial charge in [-0.3, -0.25) is 14.6 Å². The smallest absolute Gasteiger partial charge is 0.238 e. The number of hydrogen-bond donors (Lipinski definition) is 1. The van der Waals surface area contributed by atoms with Gasteiger partial charge < -0.3 is 24.1 Å². The average Bonchev–Trinajstić information content (AvgIpc) is 3.46. The molecule has 3 aromatic carbocycles. The molecule has 0 bridgehead atoms. The lowest BCUT2D eigenvalue weighted by atomic mass is 9.98. The maximum atomic E-state index is 12.9. The number of nitrogens with zero attached hydrogens (tertiary/aromatic N) is 5. The van der Waals surface area contributed by atoms with Crippen LogP contribution in [0.5, 0.6) is 11.5 Å². The van der Waals surface area contributed by atoms with Crippen molar-refractivity contribution < 1.29 is 14.3 Å². The van der Waals surface area contributed by atoms with Crippen molar-refractivity contribution in [1.82, 2.24) is 19.2 Å². The highest BCUT2D eigenvalue weighted by Crippen LogP contribution is 2.34. The summed E-state index contributed by atoms with van der Waals surface area (Å²) in [5.74, 6) is 1.55. The molecule has 2 aliphatic heterocycles. The number of anilines is 2. The number of fused-ring (bicyclic) bond motifs is 2. The lowest BCUT2D eigenvalue weighted by Gasteiger charge is -2.35. The van der Waals surface area contributed by atoms with Crippen molar-refractivity contribution in [2.45, 2.75) is 19.5 Å². The van der Waals surface area contributed by atoms with Crippen LogP contribution in [0.3, 0.4) is 0 Å². The van der Waals surface area contributed by atoms with Crippen LogP contribution in [0.4, 0.5) is 11.4 Å². The molecular weight excluding hydrogens is 576 g/mol. The Morgan fingerprint density at radius 2 is 1.52 bits per heavy atom. The standard InChI is InChI=1S/C37H40N6O3/c1-45-33-22-28-15-17-41(24-29(28)23-34(33)46-2)25-32-37(39-35-10-6-7-16-43(32)35)27-11-13-30(14-12-27)38-36(44)26-40-18-20-42(21-19-40)31-8-4-3-5-9-31/h3-14,16,22-23H,15,17-21,24-26H2,1-2H3,(H,38,44). The van der Waals surface area contributed by atoms with Gasteiger partial charge in [-0.25, -0.2) is 4.98 Å². The van der Waals surface area contributed by atoms with Gasteiger partial charge in [0.1, 0.15) is 5.65 Å². The van der Waals surface area contributed by atoms with Crippen LogP contribution in [0, 0.1) is 0 Å². The van der Waals surface area contributed by atoms with Crippen LogP contribution in [0.2, 0.25) is 0 Å². The second kappa shape index (κ2) is 13.2. The Balaban J connectivity index is 1.02. The van der Waals surface area contributed by atoms with Gasteiger partial charge in [0, 0.05) is 68.9 Å². The molecule has 1 N–H and O–H groups in total. The summed E-state index contributed by atoms with van der Waals surface area (Å²) in [6, 6.07) is 28.9. The van der Waals surface area contributed by atoms with Gasteiger partial charge in [-0.05, 0) is 66.1 Å². The molecule has 46 heavy (non-hydrogen) atoms. The number of ether oxygens (including phenoxy) is 2. The second-order valence-electron chi connectivity index (χ2n) is 12.0. The van der Waals surface area contributed by atoms with Crippen molar-refractivity contribution in [2.75, 3.05) is 63.7 Å². The minimum atomic E-state index is 0.00830. The van der Waals surface area contributed by atoms with Gasteiger partial charge in [-0.15, -0.1) is 0 Å². The van der Waals surface area contributed by atoms with E-state index < -0.39 is 0 Å². The summed E-state index contributed by atoms with van der Waals surface area (Å²) in [7, 11) is 3.36. The molecule has 0 radical (unpaired) electrons. The number of benzene rings is 3. The summed E-state index contributed by atoms with van der Waals surface area (Å²) in [6.07, 6.45) is 3.03. The predicted molar refractivity (Wildman–Crippen MR) is 182 cm³/mol. The zero-order valence-electron chi connectivity index (χ0n) is 26.5. The van der Waals surface area contributed by atoms with Crippen molar-refractivity contribution in [1.29, 1.82) is 0 Å². The quantitative estimate of drug-likeness (QED) is 0.240. The molecule has 9 nitrogen and oxygen atoms in total. The van der Waals surface area contributed by atoms with E-state index in [-0.39, 0.29) is 5.91 Å². The highest BCUT2D eigenvalue weighted by atomic mass is 16.5. The van der Waals surface area contributed by atoms with Gasteiger partial charge in [0.2, 0.25) is 5.91 Å². The second-order valence-corrected chi connectivity index (χ2v) is 12.0. The van der Waals surface area contributed by atoms with E-state index in [2.05, 4.69) is 79.1 Å². The number of aromatic nitrogens is 2. The Bertz CT molecular complexity index is 1810. The number of para-hydroxylation sites is 1. The topological polar surface area (TPSA) is 74.6 Å². The number of pyridine rings is 1. The maximum Gasteiger partial charge on any atom is 0.238 e. The van der Waals surface area contributed by atoms with Crippen molar-refractivity contribution in [2.24, 2.45) is 0 Å². The first-order chi connectivity index (χ1) is 22.6. The van der Waals surface area contributed by atoms with Gasteiger partial charge in [-0.2, -0.15) is 0 Å². The van der Waals surface area contributed by atoms with Crippen LogP contribution >= 0.6 is 0 Å². The first-order valence-electron chi connectivity index (χ1n) is 15.9. The Labute approximate surface area is 270 Å². The van der Waals surface area contributed by atoms with Crippen molar-refractivity contribution in [3.8, 4) is 22.8 Å². The van der Waals surface area contributed by atoms with Crippen LogP contribution in [-0.4, -0.2) is 78.6 Å². The monoisotopic (exact) mass is 616 g/mol. The van der Waals surface area contributed by atoms with Gasteiger partial charge in [0.25, 0.3) is 0 Å². The maximum absolute atomic E-state index is 12.9. The largest absolute Gasteiger partial charge is 0.493 e. The zero-order valence-corrected chi connectivity index (χ0v) is 26.5. The average molecular weight is 617 g/mol. The van der Waals surface area contributed by atoms with Crippen LogP contribution in [0.1, 0.15) is 16.8 Å². The molecule has 0 unspecified atom stereocenters. The molecule has 236 valence electrons. The molecule has 1 fully saturated rings. The minimum absolute atomic E-state index is 0.00830. The number of carbonyl (C=O) groups is 1. The van der Waals surface area contributed by atoms with Crippen LogP contribution in [0.25, 0.3) is 16.9 Å². The Morgan fingerprint density at radius 3 is 2.26 bits per heavy atom. The molecule has 0 aliphatic carbocycles. The van der Waals surface area contributed by atoms with E-state index >= 15 is 0 Å². The molecular formula is C37H40N6O3. The van der Waals surface area contributed by atoms with E-state index in [1.807, 2.05) is 36.4 Å². The van der Waals surface area contributed by atoms with E-state index in [4.69, 9.17) is 14.5 Å². The molecule has 2 aliphatic rings. The number of piperazine rings is 1. The van der Waals surface area contributed by atoms with Crippen molar-refractivity contribution in [3.63, 3.8) is 0 Å². The molecule has 7 rings (SSSR count). The normalized spacial score (nSPS) is 15.5. The van der Waals surface area contributed by atoms with E-state index in [1.54, 1.807) is 14.2 Å². The van der Waals surface area contributed by atoms with Crippen molar-refractivity contribution >= 4 is 22.9 Å². The molecule has 4 heterocycles. The molecule has 0 spiro atoms. The third-order valence-corrected chi connectivity index (χ3v) is 9.10. The van der Waals surface area contributed by atoms with Gasteiger partial charge in [0.15, 0.2) is 11.5 Å². The first-order valence-corrected chi connectivity index (χ1v) is 15.9. The number of amides is 1. The lowest BCUT2D eigenvalue weighted by molar-refractivity contribution is -0.117. The van der Waals surface area contributed by atoms with E-state index in [0.29, 0.717) is 6.54 Å². The fourth-order valence-electron chi connectivity index (χ4n) is 6.64. The van der Waals surface area contributed by atoms with E-state index in [0.717, 1.165) is 92.0 Å². The summed E-state index contributed by atoms with van der Waals surface area (Å²) in [6.45, 7) is 6.46. The van der Waals surface area contributed by atoms with Gasteiger partial charge >= 0.3 is 0 Å². The van der Waals surface area contributed by atoms with E-state index in [1.165, 1.54) is 16.8 Å². The molecule has 1 amide bonds. The number of nitrogens with one attached hydrogen (secondary N) is 1. The highest BCUT2D eigenvalue weighted by Gasteiger charge is 2.23. The highest BCUT2D eigenvalue weighted by molar-refractivity contribution is 5.92. The van der Waals surface area contributed by atoms with Crippen molar-refractivity contribution in [3.05, 3.63) is 108 Å². The van der Waals surface area contributed by atoms with Crippen LogP contribution < -0.4 is 19.7 Å². The molecule has 2 aromatic heterocycles. The number of carbonyl (C=O) groups excluding carboxylic acids is 1. The summed E-state index contributed by atoms with van der Waals surface area (Å²) in [5, 5.41) is 3.10. The third kappa shape index (κ3) is 6.29. The molecule has 9 heteroatoms. The third-order valence-electron chi connectivity index (χ3n) is 9.10. The lowest BCUT2D eigenvalue weighted by Crippen LogP contribution is -2.48. The summed E-state index contributed by atoms with van der Waals surface area (Å²) in [5.41, 5.74) is 8.64. The van der Waals surface area contributed by atoms with Crippen LogP contribution in [-0.2, 0) is 24.3 Å². The van der Waals surface area contributed by atoms with Gasteiger partial charge in [0.05, 0.1) is 32.2 Å². The van der Waals surface area contributed by atoms with Gasteiger partial charge in [-0.1, -0.05) is 36.4 Å².